The second kappa shape index (κ2) is 4.82. The zero-order valence-electron chi connectivity index (χ0n) is 10.5. The van der Waals surface area contributed by atoms with Crippen molar-refractivity contribution in [1.82, 2.24) is 5.32 Å². The molecule has 2 saturated heterocycles. The molecule has 2 aliphatic heterocycles. The summed E-state index contributed by atoms with van der Waals surface area (Å²) in [5, 5.41) is 13.6. The van der Waals surface area contributed by atoms with Crippen LogP contribution in [0.25, 0.3) is 0 Å². The van der Waals surface area contributed by atoms with Gasteiger partial charge in [0.05, 0.1) is 23.2 Å². The fraction of sp³-hybridized carbons (Fsp3) is 0.462. The number of nitrogens with one attached hydrogen (secondary N) is 1. The van der Waals surface area contributed by atoms with Crippen molar-refractivity contribution in [1.29, 1.82) is 0 Å². The van der Waals surface area contributed by atoms with Gasteiger partial charge < -0.3 is 10.1 Å². The number of benzene rings is 1. The molecule has 20 heavy (non-hydrogen) atoms. The number of hydrogen-bond acceptors (Lipinski definition) is 4. The standard InChI is InChI=1S/C13H13FN2O4/c14-7-1-3-11(16(18)19)9(5-7)13(17)15-10-6-8-2-4-12(10)20-8/h1,3,5,8,10,12H,2,4,6H2,(H,15,17). The van der Waals surface area contributed by atoms with Crippen LogP contribution in [0.15, 0.2) is 18.2 Å². The summed E-state index contributed by atoms with van der Waals surface area (Å²) in [6, 6.07) is 2.71. The Bertz CT molecular complexity index is 577. The molecule has 0 saturated carbocycles. The fourth-order valence-electron chi connectivity index (χ4n) is 2.89. The summed E-state index contributed by atoms with van der Waals surface area (Å²) in [4.78, 5) is 22.3. The molecule has 0 spiro atoms. The lowest BCUT2D eigenvalue weighted by molar-refractivity contribution is -0.385. The average molecular weight is 280 g/mol. The summed E-state index contributed by atoms with van der Waals surface area (Å²) in [5.74, 6) is -1.30. The molecule has 1 aromatic rings. The third-order valence-corrected chi connectivity index (χ3v) is 3.82. The van der Waals surface area contributed by atoms with Crippen LogP contribution >= 0.6 is 0 Å². The Labute approximate surface area is 114 Å². The molecule has 1 aromatic carbocycles. The molecule has 1 amide bonds. The molecular weight excluding hydrogens is 267 g/mol. The van der Waals surface area contributed by atoms with Crippen molar-refractivity contribution >= 4 is 11.6 Å². The van der Waals surface area contributed by atoms with Crippen molar-refractivity contribution in [2.45, 2.75) is 37.5 Å². The molecule has 2 heterocycles. The van der Waals surface area contributed by atoms with Crippen LogP contribution in [0.5, 0.6) is 0 Å². The molecule has 0 radical (unpaired) electrons. The van der Waals surface area contributed by atoms with Gasteiger partial charge in [0.25, 0.3) is 11.6 Å². The van der Waals surface area contributed by atoms with Crippen molar-refractivity contribution < 1.29 is 18.8 Å². The number of carbonyl (C=O) groups is 1. The third-order valence-electron chi connectivity index (χ3n) is 3.82. The maximum absolute atomic E-state index is 13.2. The highest BCUT2D eigenvalue weighted by Gasteiger charge is 2.41. The predicted octanol–water partition coefficient (Wildman–Crippen LogP) is 1.78. The van der Waals surface area contributed by atoms with Gasteiger partial charge in [0.1, 0.15) is 11.4 Å². The first-order valence-corrected chi connectivity index (χ1v) is 6.45. The van der Waals surface area contributed by atoms with E-state index in [1.54, 1.807) is 0 Å². The summed E-state index contributed by atoms with van der Waals surface area (Å²) in [6.45, 7) is 0. The van der Waals surface area contributed by atoms with Crippen molar-refractivity contribution in [3.8, 4) is 0 Å². The van der Waals surface area contributed by atoms with E-state index in [0.717, 1.165) is 31.0 Å². The number of fused-ring (bicyclic) bond motifs is 2. The SMILES string of the molecule is O=C(NC1CC2CCC1O2)c1cc(F)ccc1[N+](=O)[O-]. The van der Waals surface area contributed by atoms with Crippen molar-refractivity contribution in [2.24, 2.45) is 0 Å². The number of amides is 1. The summed E-state index contributed by atoms with van der Waals surface area (Å²) in [6.07, 6.45) is 2.70. The van der Waals surface area contributed by atoms with Crippen molar-refractivity contribution in [3.63, 3.8) is 0 Å². The van der Waals surface area contributed by atoms with Crippen LogP contribution in [0.4, 0.5) is 10.1 Å². The molecule has 3 unspecified atom stereocenters. The molecule has 0 aliphatic carbocycles. The summed E-state index contributed by atoms with van der Waals surface area (Å²) in [7, 11) is 0. The van der Waals surface area contributed by atoms with Crippen LogP contribution < -0.4 is 5.32 Å². The third kappa shape index (κ3) is 2.24. The van der Waals surface area contributed by atoms with Gasteiger partial charge in [-0.3, -0.25) is 14.9 Å². The molecule has 7 heteroatoms. The van der Waals surface area contributed by atoms with E-state index in [2.05, 4.69) is 5.32 Å². The van der Waals surface area contributed by atoms with Crippen LogP contribution in [-0.2, 0) is 4.74 Å². The van der Waals surface area contributed by atoms with Gasteiger partial charge in [0.15, 0.2) is 0 Å². The number of rotatable bonds is 3. The van der Waals surface area contributed by atoms with Crippen LogP contribution in [0.1, 0.15) is 29.6 Å². The minimum absolute atomic E-state index is 0.0310. The average Bonchev–Trinajstić information content (AvgIpc) is 3.00. The van der Waals surface area contributed by atoms with Gasteiger partial charge in [-0.2, -0.15) is 0 Å². The van der Waals surface area contributed by atoms with E-state index in [-0.39, 0.29) is 23.8 Å². The summed E-state index contributed by atoms with van der Waals surface area (Å²) >= 11 is 0. The van der Waals surface area contributed by atoms with Crippen molar-refractivity contribution in [3.05, 3.63) is 39.7 Å². The lowest BCUT2D eigenvalue weighted by atomic mass is 9.95. The van der Waals surface area contributed by atoms with Crippen LogP contribution in [-0.4, -0.2) is 29.1 Å². The zero-order chi connectivity index (χ0) is 14.3. The number of carbonyl (C=O) groups excluding carboxylic acids is 1. The fourth-order valence-corrected chi connectivity index (χ4v) is 2.89. The lowest BCUT2D eigenvalue weighted by Crippen LogP contribution is -2.41. The maximum atomic E-state index is 13.2. The Hall–Kier alpha value is -2.02. The second-order valence-corrected chi connectivity index (χ2v) is 5.11. The highest BCUT2D eigenvalue weighted by molar-refractivity contribution is 5.98. The van der Waals surface area contributed by atoms with Gasteiger partial charge in [0.2, 0.25) is 0 Å². The Morgan fingerprint density at radius 3 is 2.85 bits per heavy atom. The number of ether oxygens (including phenoxy) is 1. The van der Waals surface area contributed by atoms with Gasteiger partial charge in [-0.15, -0.1) is 0 Å². The Morgan fingerprint density at radius 1 is 1.45 bits per heavy atom. The molecule has 106 valence electrons. The van der Waals surface area contributed by atoms with Gasteiger partial charge in [0, 0.05) is 6.07 Å². The van der Waals surface area contributed by atoms with Crippen LogP contribution in [0.3, 0.4) is 0 Å². The normalized spacial score (nSPS) is 27.6. The Kier molecular flexibility index (Phi) is 3.13. The van der Waals surface area contributed by atoms with Crippen LogP contribution in [0.2, 0.25) is 0 Å². The predicted molar refractivity (Wildman–Crippen MR) is 66.8 cm³/mol. The highest BCUT2D eigenvalue weighted by atomic mass is 19.1. The quantitative estimate of drug-likeness (QED) is 0.676. The first kappa shape index (κ1) is 13.0. The summed E-state index contributed by atoms with van der Waals surface area (Å²) in [5.41, 5.74) is -0.647. The van der Waals surface area contributed by atoms with E-state index in [4.69, 9.17) is 4.74 Å². The second-order valence-electron chi connectivity index (χ2n) is 5.11. The van der Waals surface area contributed by atoms with E-state index in [1.807, 2.05) is 0 Å². The first-order valence-electron chi connectivity index (χ1n) is 6.45. The molecule has 2 fully saturated rings. The van der Waals surface area contributed by atoms with E-state index in [0.29, 0.717) is 6.42 Å². The molecule has 3 atom stereocenters. The van der Waals surface area contributed by atoms with Gasteiger partial charge in [-0.05, 0) is 31.4 Å². The largest absolute Gasteiger partial charge is 0.373 e. The topological polar surface area (TPSA) is 81.5 Å². The van der Waals surface area contributed by atoms with E-state index in [9.17, 15) is 19.3 Å². The number of nitrogens with zero attached hydrogens (tertiary/aromatic N) is 1. The van der Waals surface area contributed by atoms with Crippen molar-refractivity contribution in [2.75, 3.05) is 0 Å². The summed E-state index contributed by atoms with van der Waals surface area (Å²) < 4.78 is 18.8. The molecule has 1 N–H and O–H groups in total. The minimum atomic E-state index is -0.689. The van der Waals surface area contributed by atoms with E-state index >= 15 is 0 Å². The lowest BCUT2D eigenvalue weighted by Gasteiger charge is -2.19. The maximum Gasteiger partial charge on any atom is 0.282 e. The smallest absolute Gasteiger partial charge is 0.282 e. The van der Waals surface area contributed by atoms with E-state index < -0.39 is 22.3 Å². The number of hydrogen-bond donors (Lipinski definition) is 1. The number of nitro benzene ring substituents is 1. The van der Waals surface area contributed by atoms with Gasteiger partial charge in [-0.1, -0.05) is 0 Å². The molecule has 2 aliphatic rings. The van der Waals surface area contributed by atoms with Gasteiger partial charge >= 0.3 is 0 Å². The zero-order valence-corrected chi connectivity index (χ0v) is 10.5. The van der Waals surface area contributed by atoms with Gasteiger partial charge in [-0.25, -0.2) is 4.39 Å². The molecule has 6 nitrogen and oxygen atoms in total. The Morgan fingerprint density at radius 2 is 2.25 bits per heavy atom. The molecular formula is C13H13FN2O4. The first-order chi connectivity index (χ1) is 9.54. The molecule has 2 bridgehead atoms. The number of nitro groups is 1. The number of halogens is 1. The molecule has 3 rings (SSSR count). The molecule has 0 aromatic heterocycles. The van der Waals surface area contributed by atoms with E-state index in [1.165, 1.54) is 0 Å². The highest BCUT2D eigenvalue weighted by Crippen LogP contribution is 2.34. The minimum Gasteiger partial charge on any atom is -0.373 e. The Balaban J connectivity index is 1.80. The monoisotopic (exact) mass is 280 g/mol. The van der Waals surface area contributed by atoms with Crippen LogP contribution in [0, 0.1) is 15.9 Å².